The maximum atomic E-state index is 3.41. The summed E-state index contributed by atoms with van der Waals surface area (Å²) in [6, 6.07) is 12.5. The van der Waals surface area contributed by atoms with Crippen molar-refractivity contribution in [2.45, 2.75) is 38.9 Å². The van der Waals surface area contributed by atoms with Crippen LogP contribution >= 0.6 is 59.9 Å². The molecule has 0 aromatic heterocycles. The zero-order valence-corrected chi connectivity index (χ0v) is 26.4. The predicted molar refractivity (Wildman–Crippen MR) is 159 cm³/mol. The quantitative estimate of drug-likeness (QED) is 0.317. The van der Waals surface area contributed by atoms with Gasteiger partial charge in [0.1, 0.15) is 0 Å². The Bertz CT molecular complexity index is 607. The van der Waals surface area contributed by atoms with E-state index in [9.17, 15) is 0 Å². The molecular weight excluding hydrogens is 764 g/mol. The van der Waals surface area contributed by atoms with E-state index >= 15 is 0 Å². The number of hydrogen-bond acceptors (Lipinski definition) is 4. The van der Waals surface area contributed by atoms with Crippen LogP contribution in [0.2, 0.25) is 0 Å². The van der Waals surface area contributed by atoms with Gasteiger partial charge in [0, 0.05) is 38.3 Å². The Morgan fingerprint density at radius 3 is 2.06 bits per heavy atom. The van der Waals surface area contributed by atoms with Gasteiger partial charge in [0.15, 0.2) is 0 Å². The molecule has 5 rings (SSSR count). The number of likely N-dealkylation sites (tertiary alicyclic amines) is 3. The number of fused-ring (bicyclic) bond motifs is 2. The van der Waals surface area contributed by atoms with Crippen molar-refractivity contribution in [3.63, 3.8) is 0 Å². The molecule has 4 unspecified atom stereocenters. The summed E-state index contributed by atoms with van der Waals surface area (Å²) in [5, 5.41) is 3.41. The first-order chi connectivity index (χ1) is 13.9. The molecule has 0 radical (unpaired) electrons. The molecule has 1 aromatic rings. The molecule has 4 atom stereocenters. The third kappa shape index (κ3) is 9.78. The van der Waals surface area contributed by atoms with E-state index in [-0.39, 0.29) is 19.8 Å². The second-order valence-corrected chi connectivity index (χ2v) is 44.1. The van der Waals surface area contributed by atoms with Crippen molar-refractivity contribution in [3.8, 4) is 0 Å². The van der Waals surface area contributed by atoms with E-state index in [1.165, 1.54) is 57.7 Å². The van der Waals surface area contributed by atoms with E-state index in [2.05, 4.69) is 124 Å². The van der Waals surface area contributed by atoms with Crippen molar-refractivity contribution in [2.24, 2.45) is 11.8 Å². The SMILES string of the molecule is C.CN1CCC2CN(Cc3ccccc3)CC21.CN1CCC2CNCC21.[CH3-].[I][V]([I])[I]. The molecule has 4 aliphatic rings. The number of nitrogens with zero attached hydrogens (tertiary/aromatic N) is 3. The van der Waals surface area contributed by atoms with E-state index in [4.69, 9.17) is 0 Å². The van der Waals surface area contributed by atoms with Crippen molar-refractivity contribution in [2.75, 3.05) is 53.4 Å². The molecule has 4 saturated heterocycles. The van der Waals surface area contributed by atoms with Crippen LogP contribution in [0.4, 0.5) is 0 Å². The van der Waals surface area contributed by atoms with Gasteiger partial charge < -0.3 is 22.5 Å². The van der Waals surface area contributed by atoms with Crippen LogP contribution in [0.1, 0.15) is 25.8 Å². The van der Waals surface area contributed by atoms with E-state index in [0.717, 1.165) is 30.5 Å². The fourth-order valence-electron chi connectivity index (χ4n) is 5.30. The summed E-state index contributed by atoms with van der Waals surface area (Å²) in [5.74, 6) is 1.89. The fourth-order valence-corrected chi connectivity index (χ4v) is 5.30. The minimum absolute atomic E-state index is 0. The molecule has 31 heavy (non-hydrogen) atoms. The summed E-state index contributed by atoms with van der Waals surface area (Å²) in [7, 11) is 4.51. The molecule has 4 aliphatic heterocycles. The van der Waals surface area contributed by atoms with Gasteiger partial charge in [0.05, 0.1) is 0 Å². The van der Waals surface area contributed by atoms with Crippen LogP contribution < -0.4 is 5.32 Å². The predicted octanol–water partition coefficient (Wildman–Crippen LogP) is 5.47. The van der Waals surface area contributed by atoms with Crippen molar-refractivity contribution in [1.29, 1.82) is 0 Å². The van der Waals surface area contributed by atoms with Gasteiger partial charge in [-0.15, -0.1) is 0 Å². The zero-order valence-electron chi connectivity index (χ0n) is 18.5. The van der Waals surface area contributed by atoms with Gasteiger partial charge in [-0.25, -0.2) is 0 Å². The maximum absolute atomic E-state index is 3.41. The molecule has 0 saturated carbocycles. The van der Waals surface area contributed by atoms with E-state index in [0.29, 0.717) is 0 Å². The van der Waals surface area contributed by atoms with Gasteiger partial charge in [-0.2, -0.15) is 0 Å². The van der Waals surface area contributed by atoms with E-state index in [1.807, 2.05) is 0 Å². The minimum atomic E-state index is -0.278. The molecule has 0 amide bonds. The van der Waals surface area contributed by atoms with Crippen molar-refractivity contribution >= 4 is 59.9 Å². The summed E-state index contributed by atoms with van der Waals surface area (Å²) in [4.78, 5) is 7.35. The number of halogens is 3. The Morgan fingerprint density at radius 1 is 0.903 bits per heavy atom. The second-order valence-electron chi connectivity index (χ2n) is 8.72. The normalized spacial score (nSPS) is 29.7. The summed E-state index contributed by atoms with van der Waals surface area (Å²) >= 11 is 7.39. The molecule has 8 heteroatoms. The van der Waals surface area contributed by atoms with Gasteiger partial charge in [-0.1, -0.05) is 37.8 Å². The van der Waals surface area contributed by atoms with Gasteiger partial charge in [-0.3, -0.25) is 4.90 Å². The van der Waals surface area contributed by atoms with Crippen LogP contribution in [0.25, 0.3) is 0 Å². The third-order valence-electron chi connectivity index (χ3n) is 6.87. The monoisotopic (exact) mass is 805 g/mol. The first-order valence-electron chi connectivity index (χ1n) is 10.6. The van der Waals surface area contributed by atoms with Crippen LogP contribution in [-0.4, -0.2) is 80.1 Å². The Balaban J connectivity index is 0.000000274. The number of likely N-dealkylation sites (N-methyl/N-ethyl adjacent to an activating group) is 2. The van der Waals surface area contributed by atoms with E-state index in [1.54, 1.807) is 0 Å². The van der Waals surface area contributed by atoms with Crippen LogP contribution in [0, 0.1) is 19.3 Å². The van der Waals surface area contributed by atoms with Crippen molar-refractivity contribution < 1.29 is 4.92 Å². The number of hydrogen-bond donors (Lipinski definition) is 1. The molecule has 1 aromatic carbocycles. The van der Waals surface area contributed by atoms with Crippen LogP contribution in [0.15, 0.2) is 30.3 Å². The van der Waals surface area contributed by atoms with Gasteiger partial charge in [0.25, 0.3) is 0 Å². The summed E-state index contributed by atoms with van der Waals surface area (Å²) < 4.78 is 0. The number of rotatable bonds is 2. The number of benzene rings is 1. The van der Waals surface area contributed by atoms with Gasteiger partial charge >= 0.3 is 64.9 Å². The Hall–Kier alpha value is 1.83. The van der Waals surface area contributed by atoms with Crippen LogP contribution in [0.3, 0.4) is 0 Å². The first kappa shape index (κ1) is 30.9. The van der Waals surface area contributed by atoms with Gasteiger partial charge in [0.2, 0.25) is 0 Å². The Kier molecular flexibility index (Phi) is 15.7. The molecule has 1 N–H and O–H groups in total. The molecule has 0 spiro atoms. The second kappa shape index (κ2) is 15.8. The summed E-state index contributed by atoms with van der Waals surface area (Å²) in [6.45, 7) is 8.78. The fraction of sp³-hybridized carbons (Fsp3) is 0.696. The topological polar surface area (TPSA) is 21.8 Å². The summed E-state index contributed by atoms with van der Waals surface area (Å²) in [5.41, 5.74) is 1.45. The average molecular weight is 805 g/mol. The number of nitrogens with one attached hydrogen (secondary N) is 1. The van der Waals surface area contributed by atoms with Gasteiger partial charge in [-0.05, 0) is 64.0 Å². The molecular formula is C23H41I3N4V-. The summed E-state index contributed by atoms with van der Waals surface area (Å²) in [6.07, 6.45) is 2.81. The molecule has 4 fully saturated rings. The van der Waals surface area contributed by atoms with Crippen molar-refractivity contribution in [3.05, 3.63) is 43.3 Å². The third-order valence-corrected chi connectivity index (χ3v) is 6.87. The Labute approximate surface area is 229 Å². The molecule has 180 valence electrons. The first-order valence-corrected chi connectivity index (χ1v) is 24.1. The Morgan fingerprint density at radius 2 is 1.48 bits per heavy atom. The van der Waals surface area contributed by atoms with Crippen LogP contribution in [0.5, 0.6) is 0 Å². The average Bonchev–Trinajstić information content (AvgIpc) is 3.43. The van der Waals surface area contributed by atoms with Crippen molar-refractivity contribution in [1.82, 2.24) is 20.0 Å². The molecule has 4 nitrogen and oxygen atoms in total. The molecule has 4 heterocycles. The molecule has 0 bridgehead atoms. The standard InChI is InChI=1S/C14H20N2.C7H14N2.CH4.CH3.3HI.V/c1-15-8-7-13-10-16(11-14(13)15)9-12-5-3-2-4-6-12;1-9-3-2-6-4-8-5-7(6)9;;;;;;/h2-6,13-14H,7-11H2,1H3;6-8H,2-5H2,1H3;1H4;1H3;3*1H;/q;;;-1;;;;+3/p-3. The molecule has 0 aliphatic carbocycles. The van der Waals surface area contributed by atoms with Crippen LogP contribution in [-0.2, 0) is 11.5 Å². The van der Waals surface area contributed by atoms with E-state index < -0.39 is 0 Å². The zero-order chi connectivity index (χ0) is 20.8.